The Morgan fingerprint density at radius 1 is 1.30 bits per heavy atom. The monoisotopic (exact) mass is 158 g/mol. The van der Waals surface area contributed by atoms with E-state index in [1.54, 1.807) is 0 Å². The second kappa shape index (κ2) is 4.33. The van der Waals surface area contributed by atoms with Gasteiger partial charge < -0.3 is 10.0 Å². The zero-order chi connectivity index (χ0) is 8.15. The third kappa shape index (κ3) is 4.38. The van der Waals surface area contributed by atoms with Crippen molar-refractivity contribution in [2.45, 2.75) is 0 Å². The van der Waals surface area contributed by atoms with Crippen LogP contribution < -0.4 is 0 Å². The highest BCUT2D eigenvalue weighted by Crippen LogP contribution is 2.01. The van der Waals surface area contributed by atoms with E-state index >= 15 is 0 Å². The van der Waals surface area contributed by atoms with Gasteiger partial charge in [0.05, 0.1) is 0 Å². The van der Waals surface area contributed by atoms with Gasteiger partial charge in [0.1, 0.15) is 0 Å². The highest BCUT2D eigenvalue weighted by atomic mass is 35.5. The molecule has 0 aliphatic carbocycles. The molecule has 0 aromatic heterocycles. The molecule has 2 N–H and O–H groups in total. The van der Waals surface area contributed by atoms with Crippen LogP contribution in [0.2, 0.25) is 0 Å². The standard InChI is InChI=1S/C6H8BClO2/c1-5(7(9)10)3-4-6(2)8/h3-4,9-10H,1-2H2/b4-3-. The number of rotatable bonds is 3. The van der Waals surface area contributed by atoms with Crippen LogP contribution >= 0.6 is 11.6 Å². The number of hydrogen-bond acceptors (Lipinski definition) is 2. The molecule has 0 aromatic carbocycles. The average Bonchev–Trinajstić information content (AvgIpc) is 1.82. The van der Waals surface area contributed by atoms with Crippen molar-refractivity contribution in [2.75, 3.05) is 0 Å². The maximum Gasteiger partial charge on any atom is 0.487 e. The largest absolute Gasteiger partial charge is 0.487 e. The summed E-state index contributed by atoms with van der Waals surface area (Å²) in [4.78, 5) is 0. The normalized spacial score (nSPS) is 9.90. The summed E-state index contributed by atoms with van der Waals surface area (Å²) in [6.07, 6.45) is 2.82. The minimum absolute atomic E-state index is 0.182. The Morgan fingerprint density at radius 2 is 1.80 bits per heavy atom. The Labute approximate surface area is 65.3 Å². The lowest BCUT2D eigenvalue weighted by atomic mass is 9.80. The van der Waals surface area contributed by atoms with Crippen LogP contribution in [-0.4, -0.2) is 17.2 Å². The van der Waals surface area contributed by atoms with Gasteiger partial charge in [-0.2, -0.15) is 0 Å². The van der Waals surface area contributed by atoms with Gasteiger partial charge in [0, 0.05) is 5.03 Å². The van der Waals surface area contributed by atoms with Crippen molar-refractivity contribution in [1.29, 1.82) is 0 Å². The predicted octanol–water partition coefficient (Wildman–Crippen LogP) is 0.863. The molecular weight excluding hydrogens is 150 g/mol. The molecule has 0 bridgehead atoms. The first kappa shape index (κ1) is 9.49. The first-order valence-electron chi connectivity index (χ1n) is 2.61. The van der Waals surface area contributed by atoms with E-state index in [2.05, 4.69) is 13.2 Å². The van der Waals surface area contributed by atoms with Crippen molar-refractivity contribution in [3.63, 3.8) is 0 Å². The highest BCUT2D eigenvalue weighted by molar-refractivity contribution is 6.51. The van der Waals surface area contributed by atoms with E-state index in [9.17, 15) is 0 Å². The molecule has 0 fully saturated rings. The summed E-state index contributed by atoms with van der Waals surface area (Å²) in [6, 6.07) is 0. The van der Waals surface area contributed by atoms with Crippen molar-refractivity contribution in [2.24, 2.45) is 0 Å². The van der Waals surface area contributed by atoms with Gasteiger partial charge in [-0.25, -0.2) is 0 Å². The summed E-state index contributed by atoms with van der Waals surface area (Å²) >= 11 is 5.34. The number of halogens is 1. The molecule has 0 aliphatic rings. The van der Waals surface area contributed by atoms with Gasteiger partial charge in [0.25, 0.3) is 0 Å². The number of hydrogen-bond donors (Lipinski definition) is 2. The van der Waals surface area contributed by atoms with E-state index in [1.165, 1.54) is 12.2 Å². The molecule has 0 aliphatic heterocycles. The predicted molar refractivity (Wildman–Crippen MR) is 43.5 cm³/mol. The summed E-state index contributed by atoms with van der Waals surface area (Å²) < 4.78 is 0. The highest BCUT2D eigenvalue weighted by Gasteiger charge is 2.07. The lowest BCUT2D eigenvalue weighted by Crippen LogP contribution is -2.12. The van der Waals surface area contributed by atoms with Crippen molar-refractivity contribution < 1.29 is 10.0 Å². The Kier molecular flexibility index (Phi) is 4.11. The second-order valence-electron chi connectivity index (χ2n) is 1.73. The molecule has 0 atom stereocenters. The van der Waals surface area contributed by atoms with E-state index in [4.69, 9.17) is 21.6 Å². The van der Waals surface area contributed by atoms with Crippen LogP contribution in [0, 0.1) is 0 Å². The van der Waals surface area contributed by atoms with Gasteiger partial charge in [0.2, 0.25) is 0 Å². The molecule has 0 radical (unpaired) electrons. The molecule has 0 aromatic rings. The van der Waals surface area contributed by atoms with Crippen LogP contribution in [0.15, 0.2) is 35.8 Å². The van der Waals surface area contributed by atoms with Crippen LogP contribution in [0.3, 0.4) is 0 Å². The lowest BCUT2D eigenvalue weighted by molar-refractivity contribution is 0.421. The van der Waals surface area contributed by atoms with E-state index < -0.39 is 7.12 Å². The maximum absolute atomic E-state index is 8.47. The minimum atomic E-state index is -1.52. The zero-order valence-corrected chi connectivity index (χ0v) is 6.17. The van der Waals surface area contributed by atoms with Crippen molar-refractivity contribution in [3.8, 4) is 0 Å². The van der Waals surface area contributed by atoms with E-state index in [0.29, 0.717) is 5.03 Å². The van der Waals surface area contributed by atoms with Gasteiger partial charge in [-0.3, -0.25) is 0 Å². The van der Waals surface area contributed by atoms with E-state index in [1.807, 2.05) is 0 Å². The molecule has 10 heavy (non-hydrogen) atoms. The molecule has 0 saturated heterocycles. The van der Waals surface area contributed by atoms with Gasteiger partial charge in [-0.05, 0) is 11.5 Å². The van der Waals surface area contributed by atoms with Crippen LogP contribution in [0.5, 0.6) is 0 Å². The fourth-order valence-electron chi connectivity index (χ4n) is 0.284. The van der Waals surface area contributed by atoms with E-state index in [0.717, 1.165) is 0 Å². The third-order valence-corrected chi connectivity index (χ3v) is 0.936. The lowest BCUT2D eigenvalue weighted by Gasteiger charge is -1.93. The molecule has 54 valence electrons. The fraction of sp³-hybridized carbons (Fsp3) is 0. The maximum atomic E-state index is 8.47. The summed E-state index contributed by atoms with van der Waals surface area (Å²) in [5.74, 6) is 0. The smallest absolute Gasteiger partial charge is 0.423 e. The van der Waals surface area contributed by atoms with Crippen LogP contribution in [0.4, 0.5) is 0 Å². The molecule has 0 rings (SSSR count). The molecule has 0 unspecified atom stereocenters. The summed E-state index contributed by atoms with van der Waals surface area (Å²) in [6.45, 7) is 6.70. The van der Waals surface area contributed by atoms with Crippen LogP contribution in [-0.2, 0) is 0 Å². The molecule has 0 saturated carbocycles. The third-order valence-electron chi connectivity index (χ3n) is 0.810. The van der Waals surface area contributed by atoms with Gasteiger partial charge in [-0.15, -0.1) is 0 Å². The number of allylic oxidation sites excluding steroid dienone is 4. The van der Waals surface area contributed by atoms with Crippen molar-refractivity contribution in [1.82, 2.24) is 0 Å². The summed E-state index contributed by atoms with van der Waals surface area (Å²) in [5, 5.41) is 17.3. The Bertz CT molecular complexity index is 175. The Morgan fingerprint density at radius 3 is 2.10 bits per heavy atom. The molecule has 0 spiro atoms. The van der Waals surface area contributed by atoms with Gasteiger partial charge in [-0.1, -0.05) is 30.8 Å². The minimum Gasteiger partial charge on any atom is -0.423 e. The first-order chi connectivity index (χ1) is 4.54. The summed E-state index contributed by atoms with van der Waals surface area (Å²) in [7, 11) is -1.52. The second-order valence-corrected chi connectivity index (χ2v) is 2.21. The molecule has 2 nitrogen and oxygen atoms in total. The summed E-state index contributed by atoms with van der Waals surface area (Å²) in [5.41, 5.74) is 0.182. The van der Waals surface area contributed by atoms with Crippen molar-refractivity contribution >= 4 is 18.7 Å². The molecular formula is C6H8BClO2. The van der Waals surface area contributed by atoms with Gasteiger partial charge >= 0.3 is 7.12 Å². The van der Waals surface area contributed by atoms with Crippen LogP contribution in [0.1, 0.15) is 0 Å². The van der Waals surface area contributed by atoms with Gasteiger partial charge in [0.15, 0.2) is 0 Å². The van der Waals surface area contributed by atoms with E-state index in [-0.39, 0.29) is 5.47 Å². The molecule has 0 amide bonds. The first-order valence-corrected chi connectivity index (χ1v) is 2.99. The molecule has 0 heterocycles. The van der Waals surface area contributed by atoms with Crippen LogP contribution in [0.25, 0.3) is 0 Å². The zero-order valence-electron chi connectivity index (χ0n) is 5.42. The SMILES string of the molecule is C=C(Cl)/C=C\C(=C)B(O)O. The quantitative estimate of drug-likeness (QED) is 0.472. The topological polar surface area (TPSA) is 40.5 Å². The Hall–Kier alpha value is -0.505. The Balaban J connectivity index is 3.90. The van der Waals surface area contributed by atoms with Crippen molar-refractivity contribution in [3.05, 3.63) is 35.8 Å². The average molecular weight is 158 g/mol. The molecule has 4 heteroatoms. The fourth-order valence-corrected chi connectivity index (χ4v) is 0.347.